The van der Waals surface area contributed by atoms with Gasteiger partial charge in [0.2, 0.25) is 4.34 Å². The number of nitrogens with two attached hydrogens (primary N) is 1. The average molecular weight is 250 g/mol. The number of sulfonamides is 1. The summed E-state index contributed by atoms with van der Waals surface area (Å²) in [7, 11) is -3.85. The van der Waals surface area contributed by atoms with E-state index in [-0.39, 0.29) is 16.6 Å². The first-order chi connectivity index (χ1) is 6.86. The van der Waals surface area contributed by atoms with E-state index in [1.165, 1.54) is 0 Å². The second kappa shape index (κ2) is 4.25. The maximum absolute atomic E-state index is 11.3. The van der Waals surface area contributed by atoms with Crippen LogP contribution in [0.2, 0.25) is 0 Å². The van der Waals surface area contributed by atoms with Gasteiger partial charge in [-0.2, -0.15) is 0 Å². The third kappa shape index (κ3) is 2.74. The first kappa shape index (κ1) is 12.1. The Morgan fingerprint density at radius 2 is 2.20 bits per heavy atom. The Hall–Kier alpha value is -0.990. The molecule has 2 N–H and O–H groups in total. The molecule has 15 heavy (non-hydrogen) atoms. The zero-order chi connectivity index (χ0) is 11.6. The molecule has 1 aromatic rings. The molecular weight excluding hydrogens is 240 g/mol. The highest BCUT2D eigenvalue weighted by Crippen LogP contribution is 2.21. The molecule has 0 aliphatic carbocycles. The Morgan fingerprint density at radius 3 is 2.60 bits per heavy atom. The summed E-state index contributed by atoms with van der Waals surface area (Å²) in [5.41, 5.74) is 0.00544. The molecule has 0 aromatic carbocycles. The van der Waals surface area contributed by atoms with Crippen molar-refractivity contribution < 1.29 is 17.9 Å². The van der Waals surface area contributed by atoms with Gasteiger partial charge in [-0.25, -0.2) is 23.3 Å². The molecule has 0 radical (unpaired) electrons. The Balaban J connectivity index is 3.13. The Kier molecular flexibility index (Phi) is 3.42. The predicted octanol–water partition coefficient (Wildman–Crippen LogP) is 0.276. The van der Waals surface area contributed by atoms with Crippen LogP contribution in [0.1, 0.15) is 22.3 Å². The number of hydrogen-bond donors (Lipinski definition) is 1. The zero-order valence-corrected chi connectivity index (χ0v) is 9.81. The van der Waals surface area contributed by atoms with Gasteiger partial charge in [0.25, 0.3) is 10.0 Å². The molecule has 0 aliphatic rings. The van der Waals surface area contributed by atoms with Gasteiger partial charge in [0.1, 0.15) is 0 Å². The number of aryl methyl sites for hydroxylation is 1. The summed E-state index contributed by atoms with van der Waals surface area (Å²) in [4.78, 5) is 15.4. The fourth-order valence-electron chi connectivity index (χ4n) is 0.883. The van der Waals surface area contributed by atoms with Gasteiger partial charge in [-0.15, -0.1) is 11.3 Å². The van der Waals surface area contributed by atoms with E-state index in [0.29, 0.717) is 4.88 Å². The van der Waals surface area contributed by atoms with Crippen molar-refractivity contribution in [3.8, 4) is 0 Å². The van der Waals surface area contributed by atoms with E-state index in [1.807, 2.05) is 0 Å². The first-order valence-electron chi connectivity index (χ1n) is 4.03. The van der Waals surface area contributed by atoms with E-state index >= 15 is 0 Å². The molecule has 1 rings (SSSR count). The van der Waals surface area contributed by atoms with E-state index in [9.17, 15) is 13.2 Å². The number of primary sulfonamides is 1. The minimum atomic E-state index is -3.85. The molecule has 1 aromatic heterocycles. The van der Waals surface area contributed by atoms with Crippen LogP contribution in [-0.2, 0) is 14.8 Å². The molecule has 0 fully saturated rings. The van der Waals surface area contributed by atoms with Crippen LogP contribution < -0.4 is 5.14 Å². The number of ether oxygens (including phenoxy) is 1. The summed E-state index contributed by atoms with van der Waals surface area (Å²) in [5.74, 6) is -0.638. The number of esters is 1. The monoisotopic (exact) mass is 250 g/mol. The Bertz CT molecular complexity index is 477. The van der Waals surface area contributed by atoms with Crippen molar-refractivity contribution in [2.45, 2.75) is 18.2 Å². The normalized spacial score (nSPS) is 11.4. The number of carbonyl (C=O) groups is 1. The van der Waals surface area contributed by atoms with Crippen LogP contribution >= 0.6 is 11.3 Å². The van der Waals surface area contributed by atoms with Gasteiger partial charge in [-0.3, -0.25) is 0 Å². The summed E-state index contributed by atoms with van der Waals surface area (Å²) in [6.45, 7) is 3.44. The standard InChI is InChI=1S/C7H10N2O4S2/c1-3-13-6(10)5-4(2)14-7(9-5)15(8,11)12/h3H2,1-2H3,(H2,8,11,12). The predicted molar refractivity (Wildman–Crippen MR) is 54.2 cm³/mol. The van der Waals surface area contributed by atoms with Crippen molar-refractivity contribution in [2.24, 2.45) is 5.14 Å². The molecule has 0 bridgehead atoms. The molecule has 0 atom stereocenters. The fraction of sp³-hybridized carbons (Fsp3) is 0.429. The van der Waals surface area contributed by atoms with Gasteiger partial charge in [0, 0.05) is 4.88 Å². The van der Waals surface area contributed by atoms with E-state index in [1.54, 1.807) is 13.8 Å². The molecular formula is C7H10N2O4S2. The number of aromatic nitrogens is 1. The number of thiazole rings is 1. The lowest BCUT2D eigenvalue weighted by atomic mass is 10.4. The van der Waals surface area contributed by atoms with E-state index in [4.69, 9.17) is 9.88 Å². The number of carbonyl (C=O) groups excluding carboxylic acids is 1. The molecule has 0 unspecified atom stereocenters. The summed E-state index contributed by atoms with van der Waals surface area (Å²) in [5, 5.41) is 4.88. The Morgan fingerprint density at radius 1 is 1.60 bits per heavy atom. The smallest absolute Gasteiger partial charge is 0.358 e. The van der Waals surface area contributed by atoms with Crippen molar-refractivity contribution in [2.75, 3.05) is 6.61 Å². The summed E-state index contributed by atoms with van der Waals surface area (Å²) >= 11 is 0.851. The van der Waals surface area contributed by atoms with Crippen molar-refractivity contribution in [3.63, 3.8) is 0 Å². The number of nitrogens with zero attached hydrogens (tertiary/aromatic N) is 1. The quantitative estimate of drug-likeness (QED) is 0.776. The molecule has 0 amide bonds. The first-order valence-corrected chi connectivity index (χ1v) is 6.40. The van der Waals surface area contributed by atoms with Crippen molar-refractivity contribution >= 4 is 27.3 Å². The van der Waals surface area contributed by atoms with Crippen molar-refractivity contribution in [3.05, 3.63) is 10.6 Å². The SMILES string of the molecule is CCOC(=O)c1nc(S(N)(=O)=O)sc1C. The zero-order valence-electron chi connectivity index (χ0n) is 8.18. The van der Waals surface area contributed by atoms with E-state index in [0.717, 1.165) is 11.3 Å². The van der Waals surface area contributed by atoms with Gasteiger partial charge < -0.3 is 4.74 Å². The molecule has 0 saturated carbocycles. The minimum absolute atomic E-state index is 0.00544. The largest absolute Gasteiger partial charge is 0.461 e. The molecule has 6 nitrogen and oxygen atoms in total. The van der Waals surface area contributed by atoms with Crippen LogP contribution in [0.4, 0.5) is 0 Å². The summed E-state index contributed by atoms with van der Waals surface area (Å²) in [6, 6.07) is 0. The molecule has 0 aliphatic heterocycles. The van der Waals surface area contributed by atoms with E-state index in [2.05, 4.69) is 4.98 Å². The van der Waals surface area contributed by atoms with Gasteiger partial charge in [-0.1, -0.05) is 0 Å². The summed E-state index contributed by atoms with van der Waals surface area (Å²) < 4.78 is 26.3. The highest BCUT2D eigenvalue weighted by molar-refractivity contribution is 7.91. The van der Waals surface area contributed by atoms with Crippen molar-refractivity contribution in [1.29, 1.82) is 0 Å². The van der Waals surface area contributed by atoms with Crippen LogP contribution in [0.5, 0.6) is 0 Å². The second-order valence-corrected chi connectivity index (χ2v) is 5.59. The summed E-state index contributed by atoms with van der Waals surface area (Å²) in [6.07, 6.45) is 0. The second-order valence-electron chi connectivity index (χ2n) is 2.65. The lowest BCUT2D eigenvalue weighted by Crippen LogP contribution is -2.13. The van der Waals surface area contributed by atoms with Gasteiger partial charge in [0.05, 0.1) is 6.61 Å². The number of rotatable bonds is 3. The van der Waals surface area contributed by atoms with Crippen LogP contribution in [0.25, 0.3) is 0 Å². The third-order valence-electron chi connectivity index (χ3n) is 1.49. The maximum Gasteiger partial charge on any atom is 0.358 e. The molecule has 84 valence electrons. The number of hydrogen-bond acceptors (Lipinski definition) is 6. The minimum Gasteiger partial charge on any atom is -0.461 e. The van der Waals surface area contributed by atoms with Crippen LogP contribution in [0, 0.1) is 6.92 Å². The Labute approximate surface area is 91.1 Å². The van der Waals surface area contributed by atoms with Gasteiger partial charge in [-0.05, 0) is 13.8 Å². The molecule has 8 heteroatoms. The van der Waals surface area contributed by atoms with Crippen LogP contribution in [0.3, 0.4) is 0 Å². The molecule has 0 spiro atoms. The third-order valence-corrected chi connectivity index (χ3v) is 3.78. The molecule has 1 heterocycles. The lowest BCUT2D eigenvalue weighted by molar-refractivity contribution is 0.0519. The van der Waals surface area contributed by atoms with Crippen LogP contribution in [-0.4, -0.2) is 26.0 Å². The van der Waals surface area contributed by atoms with E-state index < -0.39 is 16.0 Å². The highest BCUT2D eigenvalue weighted by Gasteiger charge is 2.21. The fourth-order valence-corrected chi connectivity index (χ4v) is 2.57. The topological polar surface area (TPSA) is 99.3 Å². The van der Waals surface area contributed by atoms with Crippen LogP contribution in [0.15, 0.2) is 4.34 Å². The molecule has 0 saturated heterocycles. The lowest BCUT2D eigenvalue weighted by Gasteiger charge is -1.97. The maximum atomic E-state index is 11.3. The average Bonchev–Trinajstić information content (AvgIpc) is 2.47. The highest BCUT2D eigenvalue weighted by atomic mass is 32.2. The van der Waals surface area contributed by atoms with Gasteiger partial charge >= 0.3 is 5.97 Å². The van der Waals surface area contributed by atoms with Gasteiger partial charge in [0.15, 0.2) is 5.69 Å². The van der Waals surface area contributed by atoms with Crippen molar-refractivity contribution in [1.82, 2.24) is 4.98 Å².